The van der Waals surface area contributed by atoms with Gasteiger partial charge in [0.2, 0.25) is 5.91 Å². The maximum absolute atomic E-state index is 11.7. The van der Waals surface area contributed by atoms with Gasteiger partial charge in [-0.2, -0.15) is 5.26 Å². The van der Waals surface area contributed by atoms with Gasteiger partial charge in [-0.25, -0.2) is 0 Å². The summed E-state index contributed by atoms with van der Waals surface area (Å²) in [6.45, 7) is 4.28. The Bertz CT molecular complexity index is 259. The van der Waals surface area contributed by atoms with E-state index in [1.165, 1.54) is 0 Å². The van der Waals surface area contributed by atoms with Crippen LogP contribution in [0.3, 0.4) is 0 Å². The summed E-state index contributed by atoms with van der Waals surface area (Å²) in [4.78, 5) is 13.3. The third-order valence-corrected chi connectivity index (χ3v) is 2.75. The second-order valence-corrected chi connectivity index (χ2v) is 3.73. The molecular weight excluding hydrogens is 180 g/mol. The quantitative estimate of drug-likeness (QED) is 0.656. The molecule has 1 rings (SSSR count). The van der Waals surface area contributed by atoms with Crippen LogP contribution in [0.2, 0.25) is 0 Å². The maximum atomic E-state index is 11.7. The number of hydrogen-bond donors (Lipinski definition) is 0. The molecule has 1 amide bonds. The standard InChI is InChI=1S/C10H16N2O2/c1-7(6-11)10(13)12(3)9-4-5-14-8(9)2/h7-9H,4-5H2,1-3H3. The SMILES string of the molecule is CC(C#N)C(=O)N(C)C1CCOC1C. The summed E-state index contributed by atoms with van der Waals surface area (Å²) in [7, 11) is 1.74. The molecule has 1 aliphatic heterocycles. The Kier molecular flexibility index (Phi) is 3.48. The minimum atomic E-state index is -0.562. The third kappa shape index (κ3) is 2.05. The highest BCUT2D eigenvalue weighted by atomic mass is 16.5. The number of likely N-dealkylation sites (N-methyl/N-ethyl adjacent to an activating group) is 1. The highest BCUT2D eigenvalue weighted by molar-refractivity contribution is 5.80. The predicted molar refractivity (Wildman–Crippen MR) is 51.4 cm³/mol. The molecule has 0 bridgehead atoms. The average molecular weight is 196 g/mol. The highest BCUT2D eigenvalue weighted by Crippen LogP contribution is 2.19. The van der Waals surface area contributed by atoms with Crippen LogP contribution in [0.25, 0.3) is 0 Å². The zero-order valence-corrected chi connectivity index (χ0v) is 8.86. The van der Waals surface area contributed by atoms with E-state index in [4.69, 9.17) is 10.00 Å². The predicted octanol–water partition coefficient (Wildman–Crippen LogP) is 0.782. The van der Waals surface area contributed by atoms with E-state index >= 15 is 0 Å². The molecule has 4 heteroatoms. The molecule has 3 atom stereocenters. The molecule has 78 valence electrons. The molecule has 0 saturated carbocycles. The Hall–Kier alpha value is -1.08. The first-order chi connectivity index (χ1) is 6.57. The molecule has 1 saturated heterocycles. The van der Waals surface area contributed by atoms with E-state index in [1.54, 1.807) is 18.9 Å². The van der Waals surface area contributed by atoms with Gasteiger partial charge in [-0.05, 0) is 20.3 Å². The number of carbonyl (C=O) groups is 1. The molecule has 0 aliphatic carbocycles. The van der Waals surface area contributed by atoms with Crippen molar-refractivity contribution < 1.29 is 9.53 Å². The number of nitriles is 1. The summed E-state index contributed by atoms with van der Waals surface area (Å²) >= 11 is 0. The Morgan fingerprint density at radius 3 is 2.79 bits per heavy atom. The van der Waals surface area contributed by atoms with E-state index in [9.17, 15) is 4.79 Å². The van der Waals surface area contributed by atoms with Crippen LogP contribution in [0.4, 0.5) is 0 Å². The summed E-state index contributed by atoms with van der Waals surface area (Å²) in [6.07, 6.45) is 0.941. The Morgan fingerprint density at radius 1 is 1.71 bits per heavy atom. The Morgan fingerprint density at radius 2 is 2.36 bits per heavy atom. The van der Waals surface area contributed by atoms with Crippen LogP contribution in [0, 0.1) is 17.2 Å². The van der Waals surface area contributed by atoms with Crippen molar-refractivity contribution in [3.05, 3.63) is 0 Å². The monoisotopic (exact) mass is 196 g/mol. The van der Waals surface area contributed by atoms with Gasteiger partial charge in [-0.1, -0.05) is 0 Å². The third-order valence-electron chi connectivity index (χ3n) is 2.75. The molecule has 1 fully saturated rings. The van der Waals surface area contributed by atoms with Crippen molar-refractivity contribution in [3.8, 4) is 6.07 Å². The van der Waals surface area contributed by atoms with Gasteiger partial charge >= 0.3 is 0 Å². The topological polar surface area (TPSA) is 53.3 Å². The number of hydrogen-bond acceptors (Lipinski definition) is 3. The molecular formula is C10H16N2O2. The Balaban J connectivity index is 2.61. The van der Waals surface area contributed by atoms with Crippen molar-refractivity contribution in [3.63, 3.8) is 0 Å². The molecule has 0 N–H and O–H groups in total. The van der Waals surface area contributed by atoms with Crippen molar-refractivity contribution >= 4 is 5.91 Å². The normalized spacial score (nSPS) is 28.1. The van der Waals surface area contributed by atoms with Gasteiger partial charge in [0.15, 0.2) is 0 Å². The van der Waals surface area contributed by atoms with E-state index < -0.39 is 5.92 Å². The molecule has 0 radical (unpaired) electrons. The summed E-state index contributed by atoms with van der Waals surface area (Å²) in [5.74, 6) is -0.678. The number of ether oxygens (including phenoxy) is 1. The Labute approximate surface area is 84.4 Å². The van der Waals surface area contributed by atoms with Crippen molar-refractivity contribution in [2.24, 2.45) is 5.92 Å². The van der Waals surface area contributed by atoms with E-state index in [0.717, 1.165) is 6.42 Å². The molecule has 14 heavy (non-hydrogen) atoms. The fourth-order valence-electron chi connectivity index (χ4n) is 1.75. The van der Waals surface area contributed by atoms with Crippen LogP contribution in [-0.2, 0) is 9.53 Å². The molecule has 4 nitrogen and oxygen atoms in total. The molecule has 0 aromatic heterocycles. The zero-order chi connectivity index (χ0) is 10.7. The van der Waals surface area contributed by atoms with Gasteiger partial charge in [-0.3, -0.25) is 4.79 Å². The first-order valence-electron chi connectivity index (χ1n) is 4.85. The number of rotatable bonds is 2. The lowest BCUT2D eigenvalue weighted by Gasteiger charge is -2.27. The minimum absolute atomic E-state index is 0.0786. The van der Waals surface area contributed by atoms with Gasteiger partial charge in [0.05, 0.1) is 18.2 Å². The summed E-state index contributed by atoms with van der Waals surface area (Å²) in [5.41, 5.74) is 0. The fourth-order valence-corrected chi connectivity index (χ4v) is 1.75. The summed E-state index contributed by atoms with van der Waals surface area (Å²) in [5, 5.41) is 8.63. The lowest BCUT2D eigenvalue weighted by molar-refractivity contribution is -0.135. The first-order valence-corrected chi connectivity index (χ1v) is 4.85. The van der Waals surface area contributed by atoms with E-state index in [2.05, 4.69) is 0 Å². The van der Waals surface area contributed by atoms with Gasteiger partial charge in [0, 0.05) is 13.7 Å². The largest absolute Gasteiger partial charge is 0.376 e. The lowest BCUT2D eigenvalue weighted by Crippen LogP contribution is -2.43. The summed E-state index contributed by atoms with van der Waals surface area (Å²) < 4.78 is 5.37. The fraction of sp³-hybridized carbons (Fsp3) is 0.800. The molecule has 1 aliphatic rings. The smallest absolute Gasteiger partial charge is 0.239 e. The van der Waals surface area contributed by atoms with Gasteiger partial charge in [0.1, 0.15) is 5.92 Å². The second-order valence-electron chi connectivity index (χ2n) is 3.73. The molecule has 0 aromatic rings. The molecule has 0 spiro atoms. The molecule has 0 aromatic carbocycles. The minimum Gasteiger partial charge on any atom is -0.376 e. The maximum Gasteiger partial charge on any atom is 0.239 e. The van der Waals surface area contributed by atoms with Crippen LogP contribution in [-0.4, -0.2) is 36.6 Å². The second kappa shape index (κ2) is 4.43. The number of nitrogens with zero attached hydrogens (tertiary/aromatic N) is 2. The molecule has 3 unspecified atom stereocenters. The zero-order valence-electron chi connectivity index (χ0n) is 8.86. The van der Waals surface area contributed by atoms with Gasteiger partial charge < -0.3 is 9.64 Å². The molecule has 1 heterocycles. The van der Waals surface area contributed by atoms with E-state index in [0.29, 0.717) is 6.61 Å². The number of amides is 1. The van der Waals surface area contributed by atoms with Crippen molar-refractivity contribution in [2.75, 3.05) is 13.7 Å². The van der Waals surface area contributed by atoms with Crippen molar-refractivity contribution in [1.29, 1.82) is 5.26 Å². The van der Waals surface area contributed by atoms with Gasteiger partial charge in [0.25, 0.3) is 0 Å². The highest BCUT2D eigenvalue weighted by Gasteiger charge is 2.32. The van der Waals surface area contributed by atoms with Crippen LogP contribution >= 0.6 is 0 Å². The van der Waals surface area contributed by atoms with E-state index in [1.807, 2.05) is 13.0 Å². The van der Waals surface area contributed by atoms with Crippen LogP contribution in [0.5, 0.6) is 0 Å². The van der Waals surface area contributed by atoms with Crippen LogP contribution in [0.15, 0.2) is 0 Å². The van der Waals surface area contributed by atoms with Gasteiger partial charge in [-0.15, -0.1) is 0 Å². The average Bonchev–Trinajstić information content (AvgIpc) is 2.61. The first kappa shape index (κ1) is 11.0. The summed E-state index contributed by atoms with van der Waals surface area (Å²) in [6, 6.07) is 2.08. The van der Waals surface area contributed by atoms with E-state index in [-0.39, 0.29) is 18.1 Å². The lowest BCUT2D eigenvalue weighted by atomic mass is 10.1. The van der Waals surface area contributed by atoms with Crippen molar-refractivity contribution in [1.82, 2.24) is 4.90 Å². The van der Waals surface area contributed by atoms with Crippen LogP contribution < -0.4 is 0 Å². The van der Waals surface area contributed by atoms with Crippen LogP contribution in [0.1, 0.15) is 20.3 Å². The van der Waals surface area contributed by atoms with Crippen molar-refractivity contribution in [2.45, 2.75) is 32.4 Å². The number of carbonyl (C=O) groups excluding carboxylic acids is 1.